The van der Waals surface area contributed by atoms with Crippen LogP contribution in [0.2, 0.25) is 0 Å². The molecule has 14 heteroatoms. The first-order valence-corrected chi connectivity index (χ1v) is 9.81. The van der Waals surface area contributed by atoms with Crippen LogP contribution in [0.4, 0.5) is 18.9 Å². The Labute approximate surface area is 177 Å². The molecule has 2 heterocycles. The number of anilines is 1. The number of halogens is 3. The second-order valence-electron chi connectivity index (χ2n) is 6.02. The van der Waals surface area contributed by atoms with Gasteiger partial charge >= 0.3 is 6.18 Å². The number of thioether (sulfide) groups is 2. The highest BCUT2D eigenvalue weighted by atomic mass is 32.2. The van der Waals surface area contributed by atoms with Gasteiger partial charge in [0.15, 0.2) is 12.2 Å². The summed E-state index contributed by atoms with van der Waals surface area (Å²) in [6.07, 6.45) is -3.37. The van der Waals surface area contributed by atoms with E-state index in [1.165, 1.54) is 24.3 Å². The van der Waals surface area contributed by atoms with E-state index in [0.29, 0.717) is 20.3 Å². The molecule has 30 heavy (non-hydrogen) atoms. The lowest BCUT2D eigenvalue weighted by Crippen LogP contribution is -2.44. The SMILES string of the molecule is [B]C(O)(O)n1ncc2c(c1=O)SC(SCc1ccc(C(F)(F)F)cc1C#N)=NN2C. The molecule has 3 rings (SSSR count). The highest BCUT2D eigenvalue weighted by Crippen LogP contribution is 2.37. The van der Waals surface area contributed by atoms with E-state index >= 15 is 0 Å². The van der Waals surface area contributed by atoms with Gasteiger partial charge in [-0.1, -0.05) is 29.6 Å². The van der Waals surface area contributed by atoms with Crippen LogP contribution in [-0.4, -0.2) is 39.3 Å². The number of aromatic nitrogens is 2. The second-order valence-corrected chi connectivity index (χ2v) is 8.25. The summed E-state index contributed by atoms with van der Waals surface area (Å²) in [5, 5.41) is 37.3. The summed E-state index contributed by atoms with van der Waals surface area (Å²) in [6, 6.07) is 4.64. The number of nitriles is 1. The number of alkyl halides is 3. The van der Waals surface area contributed by atoms with Crippen LogP contribution in [0.1, 0.15) is 16.7 Å². The van der Waals surface area contributed by atoms with Crippen molar-refractivity contribution in [1.29, 1.82) is 5.26 Å². The molecule has 154 valence electrons. The first-order valence-electron chi connectivity index (χ1n) is 8.01. The smallest absolute Gasteiger partial charge is 0.356 e. The molecule has 0 amide bonds. The third-order valence-electron chi connectivity index (χ3n) is 3.90. The number of fused-ring (bicyclic) bond motifs is 1. The lowest BCUT2D eigenvalue weighted by atomic mass is 10.1. The summed E-state index contributed by atoms with van der Waals surface area (Å²) >= 11 is 2.01. The molecule has 2 N–H and O–H groups in total. The number of hydrogen-bond acceptors (Lipinski definition) is 9. The van der Waals surface area contributed by atoms with E-state index in [1.807, 2.05) is 0 Å². The topological polar surface area (TPSA) is 115 Å². The predicted molar refractivity (Wildman–Crippen MR) is 106 cm³/mol. The van der Waals surface area contributed by atoms with Crippen molar-refractivity contribution in [2.24, 2.45) is 5.10 Å². The summed E-state index contributed by atoms with van der Waals surface area (Å²) in [7, 11) is 6.65. The van der Waals surface area contributed by atoms with Crippen LogP contribution in [-0.2, 0) is 17.7 Å². The predicted octanol–water partition coefficient (Wildman–Crippen LogP) is 1.60. The van der Waals surface area contributed by atoms with Crippen LogP contribution >= 0.6 is 23.5 Å². The molecule has 0 atom stereocenters. The molecular formula is C16H11BF3N5O3S2. The Hall–Kier alpha value is -2.47. The Balaban J connectivity index is 1.84. The summed E-state index contributed by atoms with van der Waals surface area (Å²) in [6.45, 7) is 0. The van der Waals surface area contributed by atoms with E-state index < -0.39 is 23.1 Å². The lowest BCUT2D eigenvalue weighted by molar-refractivity contribution is -0.163. The fourth-order valence-corrected chi connectivity index (χ4v) is 4.63. The maximum Gasteiger partial charge on any atom is 0.416 e. The molecule has 0 aliphatic carbocycles. The minimum atomic E-state index is -4.56. The summed E-state index contributed by atoms with van der Waals surface area (Å²) in [5.74, 6) is -2.87. The monoisotopic (exact) mass is 453 g/mol. The molecular weight excluding hydrogens is 442 g/mol. The molecule has 0 saturated heterocycles. The van der Waals surface area contributed by atoms with Gasteiger partial charge in [0.25, 0.3) is 5.56 Å². The Morgan fingerprint density at radius 2 is 2.07 bits per heavy atom. The summed E-state index contributed by atoms with van der Waals surface area (Å²) in [4.78, 5) is 12.6. The quantitative estimate of drug-likeness (QED) is 0.532. The van der Waals surface area contributed by atoms with Crippen LogP contribution in [0.3, 0.4) is 0 Å². The number of aliphatic hydroxyl groups is 2. The van der Waals surface area contributed by atoms with Gasteiger partial charge in [0.05, 0.1) is 29.1 Å². The molecule has 0 spiro atoms. The third-order valence-corrected chi connectivity index (χ3v) is 6.14. The third kappa shape index (κ3) is 4.49. The minimum Gasteiger partial charge on any atom is -0.356 e. The molecule has 0 saturated carbocycles. The number of rotatable bonds is 3. The zero-order valence-corrected chi connectivity index (χ0v) is 16.7. The van der Waals surface area contributed by atoms with Crippen molar-refractivity contribution >= 4 is 41.4 Å². The van der Waals surface area contributed by atoms with E-state index in [4.69, 9.17) is 7.85 Å². The van der Waals surface area contributed by atoms with E-state index in [1.54, 1.807) is 6.07 Å². The number of hydrogen-bond donors (Lipinski definition) is 2. The van der Waals surface area contributed by atoms with Crippen molar-refractivity contribution in [2.75, 3.05) is 12.1 Å². The van der Waals surface area contributed by atoms with Gasteiger partial charge in [-0.2, -0.15) is 33.3 Å². The van der Waals surface area contributed by atoms with Crippen LogP contribution < -0.4 is 10.6 Å². The van der Waals surface area contributed by atoms with Crippen LogP contribution in [0.25, 0.3) is 0 Å². The maximum absolute atomic E-state index is 12.8. The van der Waals surface area contributed by atoms with Gasteiger partial charge in [-0.15, -0.1) is 0 Å². The normalized spacial score (nSPS) is 14.2. The van der Waals surface area contributed by atoms with Gasteiger partial charge in [-0.3, -0.25) is 9.80 Å². The molecule has 0 unspecified atom stereocenters. The molecule has 2 aromatic rings. The maximum atomic E-state index is 12.8. The molecule has 1 aliphatic rings. The lowest BCUT2D eigenvalue weighted by Gasteiger charge is -2.25. The van der Waals surface area contributed by atoms with Gasteiger partial charge in [-0.05, 0) is 17.7 Å². The zero-order valence-electron chi connectivity index (χ0n) is 15.1. The largest absolute Gasteiger partial charge is 0.416 e. The number of benzene rings is 1. The number of nitrogens with zero attached hydrogens (tertiary/aromatic N) is 5. The molecule has 8 nitrogen and oxygen atoms in total. The molecule has 0 bridgehead atoms. The zero-order chi connectivity index (χ0) is 22.3. The average Bonchev–Trinajstić information content (AvgIpc) is 2.65. The van der Waals surface area contributed by atoms with Crippen molar-refractivity contribution in [3.63, 3.8) is 0 Å². The first kappa shape index (κ1) is 22.2. The van der Waals surface area contributed by atoms with Gasteiger partial charge < -0.3 is 10.2 Å². The van der Waals surface area contributed by atoms with Gasteiger partial charge in [-0.25, -0.2) is 0 Å². The average molecular weight is 453 g/mol. The van der Waals surface area contributed by atoms with E-state index in [2.05, 4.69) is 10.2 Å². The second kappa shape index (κ2) is 7.99. The van der Waals surface area contributed by atoms with Gasteiger partial charge in [0.1, 0.15) is 4.90 Å². The molecule has 1 aromatic carbocycles. The Bertz CT molecular complexity index is 1130. The highest BCUT2D eigenvalue weighted by molar-refractivity contribution is 8.38. The van der Waals surface area contributed by atoms with Crippen LogP contribution in [0.15, 0.2) is 39.2 Å². The fraction of sp³-hybridized carbons (Fsp3) is 0.250. The molecule has 1 aliphatic heterocycles. The van der Waals surface area contributed by atoms with E-state index in [-0.39, 0.29) is 16.2 Å². The Kier molecular flexibility index (Phi) is 5.92. The standard InChI is InChI=1S/C16H11BF3N5O3S2/c1-24-11-6-22-25(16(17,27)28)13(26)12(11)30-14(23-24)29-7-8-2-3-10(15(18,19)20)4-9(8)5-21/h2-4,6,27-28H,7H2,1H3. The van der Waals surface area contributed by atoms with Gasteiger partial charge in [0.2, 0.25) is 5.81 Å². The fourth-order valence-electron chi connectivity index (χ4n) is 2.45. The Morgan fingerprint density at radius 3 is 2.67 bits per heavy atom. The van der Waals surface area contributed by atoms with Crippen LogP contribution in [0.5, 0.6) is 0 Å². The molecule has 2 radical (unpaired) electrons. The molecule has 0 fully saturated rings. The van der Waals surface area contributed by atoms with Crippen molar-refractivity contribution in [3.05, 3.63) is 51.4 Å². The number of hydrazone groups is 1. The Morgan fingerprint density at radius 1 is 1.37 bits per heavy atom. The first-order chi connectivity index (χ1) is 13.9. The van der Waals surface area contributed by atoms with Crippen molar-refractivity contribution < 1.29 is 23.4 Å². The van der Waals surface area contributed by atoms with Crippen molar-refractivity contribution in [2.45, 2.75) is 22.6 Å². The van der Waals surface area contributed by atoms with E-state index in [9.17, 15) is 33.4 Å². The summed E-state index contributed by atoms with van der Waals surface area (Å²) in [5.41, 5.74) is -1.23. The van der Waals surface area contributed by atoms with Crippen molar-refractivity contribution in [1.82, 2.24) is 9.78 Å². The summed E-state index contributed by atoms with van der Waals surface area (Å²) < 4.78 is 39.1. The van der Waals surface area contributed by atoms with Crippen molar-refractivity contribution in [3.8, 4) is 6.07 Å². The van der Waals surface area contributed by atoms with Crippen LogP contribution in [0, 0.1) is 11.3 Å². The minimum absolute atomic E-state index is 0.0795. The molecule has 1 aromatic heterocycles. The highest BCUT2D eigenvalue weighted by Gasteiger charge is 2.31. The van der Waals surface area contributed by atoms with E-state index in [0.717, 1.165) is 35.7 Å². The van der Waals surface area contributed by atoms with Gasteiger partial charge in [0, 0.05) is 12.8 Å².